The van der Waals surface area contributed by atoms with Crippen LogP contribution >= 0.6 is 0 Å². The van der Waals surface area contributed by atoms with Gasteiger partial charge in [-0.2, -0.15) is 0 Å². The van der Waals surface area contributed by atoms with Crippen LogP contribution in [0.1, 0.15) is 26.0 Å². The van der Waals surface area contributed by atoms with Crippen molar-refractivity contribution in [2.24, 2.45) is 0 Å². The lowest BCUT2D eigenvalue weighted by Crippen LogP contribution is -2.30. The molecule has 0 spiro atoms. The van der Waals surface area contributed by atoms with E-state index in [1.807, 2.05) is 6.07 Å². The van der Waals surface area contributed by atoms with Gasteiger partial charge in [-0.15, -0.1) is 0 Å². The molecule has 23 heavy (non-hydrogen) atoms. The van der Waals surface area contributed by atoms with Crippen molar-refractivity contribution in [1.82, 2.24) is 4.72 Å². The van der Waals surface area contributed by atoms with Gasteiger partial charge < -0.3 is 9.73 Å². The minimum absolute atomic E-state index is 0.155. The maximum absolute atomic E-state index is 12.0. The molecule has 2 rings (SSSR count). The summed E-state index contributed by atoms with van der Waals surface area (Å²) in [5, 5.41) is 2.73. The van der Waals surface area contributed by atoms with E-state index >= 15 is 0 Å². The van der Waals surface area contributed by atoms with Gasteiger partial charge >= 0.3 is 0 Å². The summed E-state index contributed by atoms with van der Waals surface area (Å²) in [7, 11) is -3.52. The fraction of sp³-hybridized carbons (Fsp3) is 0.312. The van der Waals surface area contributed by atoms with Crippen LogP contribution in [-0.2, 0) is 21.2 Å². The van der Waals surface area contributed by atoms with Crippen molar-refractivity contribution in [3.05, 3.63) is 48.4 Å². The molecule has 0 aliphatic heterocycles. The Morgan fingerprint density at radius 3 is 2.43 bits per heavy atom. The zero-order valence-electron chi connectivity index (χ0n) is 13.1. The van der Waals surface area contributed by atoms with Crippen molar-refractivity contribution in [2.75, 3.05) is 5.32 Å². The molecule has 0 saturated heterocycles. The van der Waals surface area contributed by atoms with Gasteiger partial charge in [-0.05, 0) is 50.2 Å². The highest BCUT2D eigenvalue weighted by Crippen LogP contribution is 2.15. The van der Waals surface area contributed by atoms with Gasteiger partial charge in [0.05, 0.1) is 11.2 Å². The standard InChI is InChI=1S/C16H20N2O4S/c1-12(2)18-23(20,21)15-8-5-13(6-9-15)17-16(19)10-7-14-4-3-11-22-14/h3-6,8-9,11-12,18H,7,10H2,1-2H3,(H,17,19). The zero-order chi connectivity index (χ0) is 16.9. The van der Waals surface area contributed by atoms with Gasteiger partial charge in [0.25, 0.3) is 0 Å². The average Bonchev–Trinajstić information content (AvgIpc) is 2.97. The first-order valence-electron chi connectivity index (χ1n) is 7.31. The number of rotatable bonds is 7. The highest BCUT2D eigenvalue weighted by Gasteiger charge is 2.15. The first-order valence-corrected chi connectivity index (χ1v) is 8.80. The van der Waals surface area contributed by atoms with E-state index in [9.17, 15) is 13.2 Å². The minimum atomic E-state index is -3.52. The van der Waals surface area contributed by atoms with E-state index in [1.165, 1.54) is 12.1 Å². The Morgan fingerprint density at radius 1 is 1.17 bits per heavy atom. The summed E-state index contributed by atoms with van der Waals surface area (Å²) >= 11 is 0. The number of hydrogen-bond acceptors (Lipinski definition) is 4. The molecule has 0 bridgehead atoms. The number of anilines is 1. The second kappa shape index (κ2) is 7.43. The molecule has 0 aliphatic rings. The van der Waals surface area contributed by atoms with E-state index < -0.39 is 10.0 Å². The molecular formula is C16H20N2O4S. The number of furan rings is 1. The van der Waals surface area contributed by atoms with Crippen LogP contribution in [0.5, 0.6) is 0 Å². The number of amides is 1. The molecule has 124 valence electrons. The summed E-state index contributed by atoms with van der Waals surface area (Å²) in [4.78, 5) is 12.0. The third-order valence-electron chi connectivity index (χ3n) is 3.02. The third kappa shape index (κ3) is 5.22. The third-order valence-corrected chi connectivity index (χ3v) is 4.69. The second-order valence-corrected chi connectivity index (χ2v) is 7.14. The maximum atomic E-state index is 12.0. The number of hydrogen-bond donors (Lipinski definition) is 2. The van der Waals surface area contributed by atoms with Crippen molar-refractivity contribution in [3.63, 3.8) is 0 Å². The van der Waals surface area contributed by atoms with E-state index in [0.717, 1.165) is 5.76 Å². The molecule has 0 saturated carbocycles. The Hall–Kier alpha value is -2.12. The molecule has 1 amide bonds. The normalized spacial score (nSPS) is 11.6. The molecule has 0 fully saturated rings. The topological polar surface area (TPSA) is 88.4 Å². The van der Waals surface area contributed by atoms with Crippen molar-refractivity contribution in [2.45, 2.75) is 37.6 Å². The summed E-state index contributed by atoms with van der Waals surface area (Å²) in [6.45, 7) is 3.51. The lowest BCUT2D eigenvalue weighted by atomic mass is 10.2. The summed E-state index contributed by atoms with van der Waals surface area (Å²) < 4.78 is 31.7. The molecular weight excluding hydrogens is 316 g/mol. The second-order valence-electron chi connectivity index (χ2n) is 5.43. The lowest BCUT2D eigenvalue weighted by Gasteiger charge is -2.10. The fourth-order valence-corrected chi connectivity index (χ4v) is 3.26. The minimum Gasteiger partial charge on any atom is -0.469 e. The van der Waals surface area contributed by atoms with Gasteiger partial charge in [0.2, 0.25) is 15.9 Å². The van der Waals surface area contributed by atoms with Gasteiger partial charge in [0.15, 0.2) is 0 Å². The first kappa shape index (κ1) is 17.2. The van der Waals surface area contributed by atoms with Gasteiger partial charge in [0, 0.05) is 24.6 Å². The quantitative estimate of drug-likeness (QED) is 0.813. The van der Waals surface area contributed by atoms with Gasteiger partial charge in [-0.3, -0.25) is 4.79 Å². The summed E-state index contributed by atoms with van der Waals surface area (Å²) in [5.74, 6) is 0.596. The van der Waals surface area contributed by atoms with Crippen LogP contribution in [0.2, 0.25) is 0 Å². The van der Waals surface area contributed by atoms with E-state index in [4.69, 9.17) is 4.42 Å². The van der Waals surface area contributed by atoms with Crippen molar-refractivity contribution in [3.8, 4) is 0 Å². The van der Waals surface area contributed by atoms with E-state index in [2.05, 4.69) is 10.0 Å². The number of nitrogens with one attached hydrogen (secondary N) is 2. The molecule has 0 atom stereocenters. The Kier molecular flexibility index (Phi) is 5.57. The number of sulfonamides is 1. The molecule has 2 aromatic rings. The Morgan fingerprint density at radius 2 is 1.87 bits per heavy atom. The molecule has 2 N–H and O–H groups in total. The molecule has 0 aliphatic carbocycles. The summed E-state index contributed by atoms with van der Waals surface area (Å²) in [6, 6.07) is 9.48. The van der Waals surface area contributed by atoms with Gasteiger partial charge in [0.1, 0.15) is 5.76 Å². The molecule has 6 nitrogen and oxygen atoms in total. The molecule has 0 unspecified atom stereocenters. The molecule has 1 aromatic carbocycles. The van der Waals surface area contributed by atoms with E-state index in [0.29, 0.717) is 18.5 Å². The van der Waals surface area contributed by atoms with Crippen LogP contribution < -0.4 is 10.0 Å². The van der Waals surface area contributed by atoms with Crippen LogP contribution in [0.25, 0.3) is 0 Å². The van der Waals surface area contributed by atoms with Crippen molar-refractivity contribution >= 4 is 21.6 Å². The van der Waals surface area contributed by atoms with Gasteiger partial charge in [-0.1, -0.05) is 0 Å². The SMILES string of the molecule is CC(C)NS(=O)(=O)c1ccc(NC(=O)CCc2ccco2)cc1. The average molecular weight is 336 g/mol. The molecule has 1 heterocycles. The highest BCUT2D eigenvalue weighted by molar-refractivity contribution is 7.89. The van der Waals surface area contributed by atoms with Gasteiger partial charge in [-0.25, -0.2) is 13.1 Å². The number of carbonyl (C=O) groups is 1. The van der Waals surface area contributed by atoms with Crippen molar-refractivity contribution in [1.29, 1.82) is 0 Å². The predicted molar refractivity (Wildman–Crippen MR) is 87.6 cm³/mol. The summed E-state index contributed by atoms with van der Waals surface area (Å²) in [6.07, 6.45) is 2.38. The van der Waals surface area contributed by atoms with Crippen LogP contribution in [0, 0.1) is 0 Å². The number of aryl methyl sites for hydroxylation is 1. The number of benzene rings is 1. The van der Waals surface area contributed by atoms with Crippen LogP contribution in [0.4, 0.5) is 5.69 Å². The Balaban J connectivity index is 1.93. The fourth-order valence-electron chi connectivity index (χ4n) is 2.01. The monoisotopic (exact) mass is 336 g/mol. The Bertz CT molecular complexity index is 735. The molecule has 0 radical (unpaired) electrons. The molecule has 7 heteroatoms. The highest BCUT2D eigenvalue weighted by atomic mass is 32.2. The maximum Gasteiger partial charge on any atom is 0.240 e. The van der Waals surface area contributed by atoms with Crippen LogP contribution in [0.15, 0.2) is 52.0 Å². The largest absolute Gasteiger partial charge is 0.469 e. The van der Waals surface area contributed by atoms with E-state index in [-0.39, 0.29) is 16.8 Å². The predicted octanol–water partition coefficient (Wildman–Crippen LogP) is 2.54. The van der Waals surface area contributed by atoms with Crippen LogP contribution in [0.3, 0.4) is 0 Å². The Labute approximate surface area is 135 Å². The number of carbonyl (C=O) groups excluding carboxylic acids is 1. The first-order chi connectivity index (χ1) is 10.9. The zero-order valence-corrected chi connectivity index (χ0v) is 13.9. The molecule has 1 aromatic heterocycles. The van der Waals surface area contributed by atoms with Crippen molar-refractivity contribution < 1.29 is 17.6 Å². The summed E-state index contributed by atoms with van der Waals surface area (Å²) in [5.41, 5.74) is 0.554. The van der Waals surface area contributed by atoms with E-state index in [1.54, 1.807) is 38.3 Å². The lowest BCUT2D eigenvalue weighted by molar-refractivity contribution is -0.116. The van der Waals surface area contributed by atoms with Crippen LogP contribution in [-0.4, -0.2) is 20.4 Å². The smallest absolute Gasteiger partial charge is 0.240 e.